The highest BCUT2D eigenvalue weighted by atomic mass is 19.4. The Hall–Kier alpha value is -0.330. The number of alkyl halides is 3. The molecule has 0 aliphatic rings. The molecule has 0 heterocycles. The predicted octanol–water partition coefficient (Wildman–Crippen LogP) is 1.70. The van der Waals surface area contributed by atoms with Gasteiger partial charge in [0.25, 0.3) is 0 Å². The van der Waals surface area contributed by atoms with Crippen LogP contribution in [0.3, 0.4) is 0 Å². The van der Waals surface area contributed by atoms with Gasteiger partial charge in [0.15, 0.2) is 0 Å². The van der Waals surface area contributed by atoms with Crippen LogP contribution >= 0.6 is 0 Å². The molecular weight excluding hydrogens is 223 g/mol. The lowest BCUT2D eigenvalue weighted by atomic mass is 9.99. The fourth-order valence-electron chi connectivity index (χ4n) is 0.920. The molecule has 0 saturated carbocycles. The number of nitrogens with one attached hydrogen (secondary N) is 1. The molecule has 1 atom stereocenters. The molecule has 0 rings (SSSR count). The fourth-order valence-corrected chi connectivity index (χ4v) is 0.920. The summed E-state index contributed by atoms with van der Waals surface area (Å²) < 4.78 is 39.5. The number of aliphatic hydroxyl groups excluding tert-OH is 1. The Kier molecular flexibility index (Phi) is 6.28. The van der Waals surface area contributed by atoms with E-state index >= 15 is 0 Å². The standard InChI is InChI=1S/C10H20F3NO2/c1-8(15)9(2,3)14-5-4-6-16-7-10(11,12)13/h8,14-15H,4-7H2,1-3H3. The van der Waals surface area contributed by atoms with E-state index in [1.807, 2.05) is 13.8 Å². The van der Waals surface area contributed by atoms with E-state index in [1.165, 1.54) is 0 Å². The van der Waals surface area contributed by atoms with Crippen molar-refractivity contribution in [2.75, 3.05) is 19.8 Å². The molecule has 0 aromatic heterocycles. The van der Waals surface area contributed by atoms with Gasteiger partial charge in [0.1, 0.15) is 6.61 Å². The second-order valence-corrected chi connectivity index (χ2v) is 4.35. The molecule has 0 aliphatic heterocycles. The van der Waals surface area contributed by atoms with Crippen molar-refractivity contribution in [1.29, 1.82) is 0 Å². The quantitative estimate of drug-likeness (QED) is 0.669. The number of ether oxygens (including phenoxy) is 1. The van der Waals surface area contributed by atoms with Crippen LogP contribution in [0.1, 0.15) is 27.2 Å². The molecule has 0 aromatic carbocycles. The molecule has 0 fully saturated rings. The van der Waals surface area contributed by atoms with Crippen LogP contribution in [0.25, 0.3) is 0 Å². The molecule has 16 heavy (non-hydrogen) atoms. The van der Waals surface area contributed by atoms with Crippen LogP contribution in [-0.2, 0) is 4.74 Å². The lowest BCUT2D eigenvalue weighted by Gasteiger charge is -2.29. The van der Waals surface area contributed by atoms with Gasteiger partial charge in [-0.3, -0.25) is 0 Å². The summed E-state index contributed by atoms with van der Waals surface area (Å²) in [6.45, 7) is 4.68. The van der Waals surface area contributed by atoms with Gasteiger partial charge in [-0.2, -0.15) is 13.2 Å². The summed E-state index contributed by atoms with van der Waals surface area (Å²) in [7, 11) is 0. The molecule has 2 N–H and O–H groups in total. The molecular formula is C10H20F3NO2. The molecule has 0 spiro atoms. The Labute approximate surface area is 94.0 Å². The Morgan fingerprint density at radius 3 is 2.31 bits per heavy atom. The Morgan fingerprint density at radius 1 is 1.31 bits per heavy atom. The van der Waals surface area contributed by atoms with E-state index in [0.717, 1.165) is 0 Å². The minimum absolute atomic E-state index is 0.0579. The van der Waals surface area contributed by atoms with Crippen LogP contribution in [0.15, 0.2) is 0 Å². The van der Waals surface area contributed by atoms with E-state index in [-0.39, 0.29) is 6.61 Å². The monoisotopic (exact) mass is 243 g/mol. The maximum Gasteiger partial charge on any atom is 0.411 e. The van der Waals surface area contributed by atoms with Gasteiger partial charge in [-0.05, 0) is 33.7 Å². The van der Waals surface area contributed by atoms with Crippen molar-refractivity contribution >= 4 is 0 Å². The normalized spacial score (nSPS) is 15.2. The molecule has 0 aromatic rings. The number of hydrogen-bond donors (Lipinski definition) is 2. The first kappa shape index (κ1) is 15.7. The zero-order valence-electron chi connectivity index (χ0n) is 9.90. The second-order valence-electron chi connectivity index (χ2n) is 4.35. The zero-order valence-corrected chi connectivity index (χ0v) is 9.90. The molecule has 0 saturated heterocycles. The highest BCUT2D eigenvalue weighted by molar-refractivity contribution is 4.82. The van der Waals surface area contributed by atoms with Gasteiger partial charge in [-0.15, -0.1) is 0 Å². The van der Waals surface area contributed by atoms with Crippen LogP contribution in [0.5, 0.6) is 0 Å². The summed E-state index contributed by atoms with van der Waals surface area (Å²) in [6.07, 6.45) is -4.30. The summed E-state index contributed by atoms with van der Waals surface area (Å²) in [6, 6.07) is 0. The minimum Gasteiger partial charge on any atom is -0.392 e. The zero-order chi connectivity index (χ0) is 12.8. The molecule has 0 bridgehead atoms. The summed E-state index contributed by atoms with van der Waals surface area (Å²) in [4.78, 5) is 0. The smallest absolute Gasteiger partial charge is 0.392 e. The SMILES string of the molecule is CC(O)C(C)(C)NCCCOCC(F)(F)F. The largest absolute Gasteiger partial charge is 0.411 e. The van der Waals surface area contributed by atoms with Crippen LogP contribution in [0.2, 0.25) is 0 Å². The fraction of sp³-hybridized carbons (Fsp3) is 1.00. The van der Waals surface area contributed by atoms with Crippen LogP contribution in [-0.4, -0.2) is 42.7 Å². The van der Waals surface area contributed by atoms with E-state index in [0.29, 0.717) is 13.0 Å². The van der Waals surface area contributed by atoms with E-state index in [9.17, 15) is 18.3 Å². The number of hydrogen-bond acceptors (Lipinski definition) is 3. The van der Waals surface area contributed by atoms with E-state index < -0.39 is 24.4 Å². The van der Waals surface area contributed by atoms with Crippen molar-refractivity contribution in [3.05, 3.63) is 0 Å². The van der Waals surface area contributed by atoms with Crippen molar-refractivity contribution in [3.63, 3.8) is 0 Å². The summed E-state index contributed by atoms with van der Waals surface area (Å²) in [5.41, 5.74) is -0.440. The topological polar surface area (TPSA) is 41.5 Å². The van der Waals surface area contributed by atoms with Crippen LogP contribution < -0.4 is 5.32 Å². The second kappa shape index (κ2) is 6.42. The molecule has 1 unspecified atom stereocenters. The predicted molar refractivity (Wildman–Crippen MR) is 55.3 cm³/mol. The van der Waals surface area contributed by atoms with E-state index in [1.54, 1.807) is 6.92 Å². The van der Waals surface area contributed by atoms with Gasteiger partial charge in [0.05, 0.1) is 6.10 Å². The van der Waals surface area contributed by atoms with Crippen molar-refractivity contribution in [1.82, 2.24) is 5.32 Å². The van der Waals surface area contributed by atoms with Gasteiger partial charge < -0.3 is 15.2 Å². The Balaban J connectivity index is 3.48. The lowest BCUT2D eigenvalue weighted by molar-refractivity contribution is -0.174. The molecule has 0 amide bonds. The third kappa shape index (κ3) is 7.90. The van der Waals surface area contributed by atoms with Crippen LogP contribution in [0.4, 0.5) is 13.2 Å². The molecule has 0 aliphatic carbocycles. The van der Waals surface area contributed by atoms with Gasteiger partial charge >= 0.3 is 6.18 Å². The molecule has 0 radical (unpaired) electrons. The average molecular weight is 243 g/mol. The van der Waals surface area contributed by atoms with Crippen molar-refractivity contribution in [3.8, 4) is 0 Å². The third-order valence-corrected chi connectivity index (χ3v) is 2.36. The van der Waals surface area contributed by atoms with Gasteiger partial charge in [0, 0.05) is 12.1 Å². The average Bonchev–Trinajstić information content (AvgIpc) is 2.09. The molecule has 6 heteroatoms. The first-order valence-corrected chi connectivity index (χ1v) is 5.23. The first-order chi connectivity index (χ1) is 7.15. The number of rotatable bonds is 7. The van der Waals surface area contributed by atoms with E-state index in [2.05, 4.69) is 10.1 Å². The van der Waals surface area contributed by atoms with Gasteiger partial charge in [-0.1, -0.05) is 0 Å². The van der Waals surface area contributed by atoms with Crippen molar-refractivity contribution in [2.45, 2.75) is 45.0 Å². The van der Waals surface area contributed by atoms with Crippen molar-refractivity contribution < 1.29 is 23.0 Å². The van der Waals surface area contributed by atoms with E-state index in [4.69, 9.17) is 0 Å². The summed E-state index contributed by atoms with van der Waals surface area (Å²) in [5, 5.41) is 12.4. The van der Waals surface area contributed by atoms with Gasteiger partial charge in [-0.25, -0.2) is 0 Å². The Bertz CT molecular complexity index is 193. The minimum atomic E-state index is -4.26. The van der Waals surface area contributed by atoms with Crippen molar-refractivity contribution in [2.24, 2.45) is 0 Å². The first-order valence-electron chi connectivity index (χ1n) is 5.23. The number of aliphatic hydroxyl groups is 1. The summed E-state index contributed by atoms with van der Waals surface area (Å²) >= 11 is 0. The highest BCUT2D eigenvalue weighted by Gasteiger charge is 2.27. The van der Waals surface area contributed by atoms with Crippen LogP contribution in [0, 0.1) is 0 Å². The molecule has 98 valence electrons. The summed E-state index contributed by atoms with van der Waals surface area (Å²) in [5.74, 6) is 0. The lowest BCUT2D eigenvalue weighted by Crippen LogP contribution is -2.48. The Morgan fingerprint density at radius 2 is 1.88 bits per heavy atom. The maximum atomic E-state index is 11.7. The van der Waals surface area contributed by atoms with Gasteiger partial charge in [0.2, 0.25) is 0 Å². The third-order valence-electron chi connectivity index (χ3n) is 2.36. The number of halogens is 3. The molecule has 3 nitrogen and oxygen atoms in total. The highest BCUT2D eigenvalue weighted by Crippen LogP contribution is 2.14. The maximum absolute atomic E-state index is 11.7.